The van der Waals surface area contributed by atoms with E-state index in [4.69, 9.17) is 19.2 Å². The molecule has 0 aromatic carbocycles. The Morgan fingerprint density at radius 1 is 1.25 bits per heavy atom. The molecule has 0 fully saturated rings. The summed E-state index contributed by atoms with van der Waals surface area (Å²) in [4.78, 5) is 21.6. The van der Waals surface area contributed by atoms with E-state index in [2.05, 4.69) is 0 Å². The SMILES string of the molecule is O=P(O)(O)O.[BiH3].[Fe].[H-].[Li+]. The van der Waals surface area contributed by atoms with Crippen LogP contribution in [0.25, 0.3) is 0 Å². The third kappa shape index (κ3) is 92.1. The van der Waals surface area contributed by atoms with Gasteiger partial charge in [0, 0.05) is 17.1 Å². The number of rotatable bonds is 0. The predicted molar refractivity (Wildman–Crippen MR) is 25.3 cm³/mol. The van der Waals surface area contributed by atoms with Gasteiger partial charge in [0.15, 0.2) is 0 Å². The van der Waals surface area contributed by atoms with Gasteiger partial charge in [-0.25, -0.2) is 4.57 Å². The second-order valence-electron chi connectivity index (χ2n) is 0.513. The summed E-state index contributed by atoms with van der Waals surface area (Å²) < 4.78 is 8.88. The van der Waals surface area contributed by atoms with Crippen molar-refractivity contribution in [1.29, 1.82) is 0 Å². The summed E-state index contributed by atoms with van der Waals surface area (Å²) in [7, 11) is -4.64. The first-order valence-electron chi connectivity index (χ1n) is 0.783. The summed E-state index contributed by atoms with van der Waals surface area (Å²) in [6.45, 7) is 0. The summed E-state index contributed by atoms with van der Waals surface area (Å²) in [5.41, 5.74) is 0. The minimum Gasteiger partial charge on any atom is -1.00 e. The van der Waals surface area contributed by atoms with Crippen molar-refractivity contribution >= 4 is 34.0 Å². The maximum absolute atomic E-state index is 8.88. The Bertz CT molecular complexity index is 66.7. The van der Waals surface area contributed by atoms with Gasteiger partial charge in [-0.15, -0.1) is 0 Å². The minimum absolute atomic E-state index is 0. The second-order valence-corrected chi connectivity index (χ2v) is 1.54. The van der Waals surface area contributed by atoms with Crippen molar-refractivity contribution in [1.82, 2.24) is 0 Å². The smallest absolute Gasteiger partial charge is 1.00 e. The van der Waals surface area contributed by atoms with E-state index < -0.39 is 7.82 Å². The van der Waals surface area contributed by atoms with Crippen LogP contribution in [-0.4, -0.2) is 40.9 Å². The van der Waals surface area contributed by atoms with Gasteiger partial charge < -0.3 is 16.1 Å². The van der Waals surface area contributed by atoms with Gasteiger partial charge in [-0.05, 0) is 0 Å². The standard InChI is InChI=1S/Bi.Fe.Li.H3O4P.4H/c;;;1-5(2,3)4;;;;/h;;;(H3,1,2,3,4);;;;/q;;+1;;;;;-1. The van der Waals surface area contributed by atoms with Crippen LogP contribution in [0, 0.1) is 0 Å². The molecular formula is H7BiFeLiO4P. The zero-order valence-electron chi connectivity index (χ0n) is 5.26. The van der Waals surface area contributed by atoms with E-state index in [0.29, 0.717) is 0 Å². The fourth-order valence-corrected chi connectivity index (χ4v) is 0. The number of hydrogen-bond acceptors (Lipinski definition) is 1. The molecular weight excluding hydrogens is 367 g/mol. The van der Waals surface area contributed by atoms with Crippen LogP contribution in [0.5, 0.6) is 0 Å². The topological polar surface area (TPSA) is 77.8 Å². The van der Waals surface area contributed by atoms with Crippen LogP contribution in [-0.2, 0) is 21.6 Å². The van der Waals surface area contributed by atoms with Crippen LogP contribution in [0.4, 0.5) is 0 Å². The van der Waals surface area contributed by atoms with E-state index >= 15 is 0 Å². The normalized spacial score (nSPS) is 7.38. The molecule has 0 spiro atoms. The third-order valence-electron chi connectivity index (χ3n) is 0. The number of phosphoric acid groups is 1. The monoisotopic (exact) mass is 374 g/mol. The number of hydrogen-bond donors (Lipinski definition) is 3. The van der Waals surface area contributed by atoms with Gasteiger partial charge in [0.1, 0.15) is 0 Å². The molecule has 0 bridgehead atoms. The second kappa shape index (κ2) is 9.11. The average molecular weight is 374 g/mol. The molecule has 0 aliphatic heterocycles. The summed E-state index contributed by atoms with van der Waals surface area (Å²) >= 11 is 0. The molecule has 3 N–H and O–H groups in total. The van der Waals surface area contributed by atoms with Gasteiger partial charge >= 0.3 is 52.9 Å². The summed E-state index contributed by atoms with van der Waals surface area (Å²) in [5, 5.41) is 0. The van der Waals surface area contributed by atoms with Crippen LogP contribution in [0.2, 0.25) is 0 Å². The molecule has 0 unspecified atom stereocenters. The Kier molecular flexibility index (Phi) is 25.6. The van der Waals surface area contributed by atoms with E-state index in [1.165, 1.54) is 0 Å². The van der Waals surface area contributed by atoms with Crippen molar-refractivity contribution in [2.45, 2.75) is 0 Å². The summed E-state index contributed by atoms with van der Waals surface area (Å²) in [5.74, 6) is 0. The Morgan fingerprint density at radius 3 is 1.25 bits per heavy atom. The first kappa shape index (κ1) is 22.5. The largest absolute Gasteiger partial charge is 1.00 e. The fourth-order valence-electron chi connectivity index (χ4n) is 0. The maximum atomic E-state index is 8.88. The fraction of sp³-hybridized carbons (Fsp3) is 0. The van der Waals surface area contributed by atoms with E-state index in [1.807, 2.05) is 0 Å². The van der Waals surface area contributed by atoms with Crippen LogP contribution in [0.1, 0.15) is 1.43 Å². The molecule has 0 heterocycles. The first-order chi connectivity index (χ1) is 2.00. The predicted octanol–water partition coefficient (Wildman–Crippen LogP) is -5.00. The summed E-state index contributed by atoms with van der Waals surface area (Å²) in [6, 6.07) is 0. The quantitative estimate of drug-likeness (QED) is 0.293. The van der Waals surface area contributed by atoms with Gasteiger partial charge in [0.05, 0.1) is 0 Å². The molecule has 8 heavy (non-hydrogen) atoms. The van der Waals surface area contributed by atoms with E-state index in [9.17, 15) is 0 Å². The molecule has 0 aliphatic carbocycles. The molecule has 0 atom stereocenters. The minimum atomic E-state index is -4.64. The van der Waals surface area contributed by atoms with Gasteiger partial charge in [-0.1, -0.05) is 0 Å². The zero-order chi connectivity index (χ0) is 4.50. The molecule has 0 amide bonds. The van der Waals surface area contributed by atoms with Gasteiger partial charge in [-0.3, -0.25) is 0 Å². The molecule has 4 nitrogen and oxygen atoms in total. The molecule has 0 saturated heterocycles. The van der Waals surface area contributed by atoms with Crippen molar-refractivity contribution in [3.05, 3.63) is 0 Å². The Morgan fingerprint density at radius 2 is 1.25 bits per heavy atom. The first-order valence-corrected chi connectivity index (χ1v) is 2.35. The van der Waals surface area contributed by atoms with Crippen molar-refractivity contribution < 1.29 is 56.6 Å². The summed E-state index contributed by atoms with van der Waals surface area (Å²) in [6.07, 6.45) is 0. The van der Waals surface area contributed by atoms with Crippen LogP contribution < -0.4 is 18.9 Å². The van der Waals surface area contributed by atoms with E-state index in [-0.39, 0.29) is 63.6 Å². The van der Waals surface area contributed by atoms with Gasteiger partial charge in [-0.2, -0.15) is 0 Å². The van der Waals surface area contributed by atoms with Crippen molar-refractivity contribution in [3.63, 3.8) is 0 Å². The van der Waals surface area contributed by atoms with Crippen molar-refractivity contribution in [2.24, 2.45) is 0 Å². The van der Waals surface area contributed by atoms with Crippen LogP contribution >= 0.6 is 7.82 Å². The molecule has 0 rings (SSSR count). The van der Waals surface area contributed by atoms with Crippen molar-refractivity contribution in [2.75, 3.05) is 0 Å². The van der Waals surface area contributed by atoms with Gasteiger partial charge in [0.25, 0.3) is 0 Å². The van der Waals surface area contributed by atoms with Crippen LogP contribution in [0.3, 0.4) is 0 Å². The maximum Gasteiger partial charge on any atom is 1.00 e. The molecule has 0 aliphatic rings. The molecule has 0 aromatic heterocycles. The van der Waals surface area contributed by atoms with E-state index in [1.54, 1.807) is 0 Å². The van der Waals surface area contributed by atoms with E-state index in [0.717, 1.165) is 0 Å². The molecule has 8 heteroatoms. The average Bonchev–Trinajstić information content (AvgIpc) is 0.722. The molecule has 50 valence electrons. The third-order valence-corrected chi connectivity index (χ3v) is 0. The molecule has 0 aromatic rings. The van der Waals surface area contributed by atoms with Crippen LogP contribution in [0.15, 0.2) is 0 Å². The molecule has 0 saturated carbocycles. The van der Waals surface area contributed by atoms with Crippen molar-refractivity contribution in [3.8, 4) is 0 Å². The Hall–Kier alpha value is 2.11. The van der Waals surface area contributed by atoms with Gasteiger partial charge in [0.2, 0.25) is 0 Å². The Labute approximate surface area is 89.9 Å². The molecule has 0 radical (unpaired) electrons. The zero-order valence-corrected chi connectivity index (χ0v) is 11.8. The Balaban J connectivity index is -0.0000000133.